The minimum absolute atomic E-state index is 0.0905. The van der Waals surface area contributed by atoms with E-state index in [1.807, 2.05) is 13.8 Å². The van der Waals surface area contributed by atoms with Gasteiger partial charge in [-0.15, -0.1) is 0 Å². The number of unbranched alkanes of at least 4 members (excludes halogenated alkanes) is 1. The van der Waals surface area contributed by atoms with Gasteiger partial charge in [-0.25, -0.2) is 9.78 Å². The van der Waals surface area contributed by atoms with E-state index in [2.05, 4.69) is 25.9 Å². The van der Waals surface area contributed by atoms with Crippen molar-refractivity contribution in [2.75, 3.05) is 6.54 Å². The van der Waals surface area contributed by atoms with Crippen molar-refractivity contribution in [2.45, 2.75) is 84.0 Å². The van der Waals surface area contributed by atoms with Crippen molar-refractivity contribution in [1.82, 2.24) is 25.9 Å². The fourth-order valence-electron chi connectivity index (χ4n) is 3.41. The Labute approximate surface area is 206 Å². The molecular weight excluding hydrogens is 454 g/mol. The van der Waals surface area contributed by atoms with Crippen LogP contribution < -0.4 is 27.4 Å². The molecule has 5 unspecified atom stereocenters. The summed E-state index contributed by atoms with van der Waals surface area (Å²) < 4.78 is 0. The molecule has 12 heteroatoms. The van der Waals surface area contributed by atoms with Gasteiger partial charge in [0.2, 0.25) is 17.7 Å². The number of nitrogens with zero attached hydrogens (tertiary/aromatic N) is 1. The smallest absolute Gasteiger partial charge is 0.326 e. The molecule has 0 aliphatic carbocycles. The fourth-order valence-corrected chi connectivity index (χ4v) is 3.41. The predicted octanol–water partition coefficient (Wildman–Crippen LogP) is -0.350. The summed E-state index contributed by atoms with van der Waals surface area (Å²) in [6.45, 7) is 7.65. The molecule has 0 aliphatic rings. The molecule has 0 spiro atoms. The van der Waals surface area contributed by atoms with Crippen LogP contribution in [-0.2, 0) is 25.6 Å². The molecular formula is C23H41N7O5. The summed E-state index contributed by atoms with van der Waals surface area (Å²) in [6.07, 6.45) is 5.19. The largest absolute Gasteiger partial charge is 0.480 e. The first-order chi connectivity index (χ1) is 16.5. The Kier molecular flexibility index (Phi) is 13.0. The first kappa shape index (κ1) is 30.0. The predicted molar refractivity (Wildman–Crippen MR) is 131 cm³/mol. The van der Waals surface area contributed by atoms with Crippen LogP contribution in [0.5, 0.6) is 0 Å². The molecule has 1 heterocycles. The number of nitrogens with two attached hydrogens (primary N) is 2. The molecule has 1 aromatic heterocycles. The number of carbonyl (C=O) groups excluding carboxylic acids is 3. The Hall–Kier alpha value is -2.99. The second-order valence-corrected chi connectivity index (χ2v) is 9.17. The van der Waals surface area contributed by atoms with E-state index in [4.69, 9.17) is 11.5 Å². The van der Waals surface area contributed by atoms with E-state index in [9.17, 15) is 24.3 Å². The summed E-state index contributed by atoms with van der Waals surface area (Å²) in [6, 6.07) is -3.93. The minimum Gasteiger partial charge on any atom is -0.480 e. The maximum Gasteiger partial charge on any atom is 0.326 e. The Bertz CT molecular complexity index is 815. The van der Waals surface area contributed by atoms with Gasteiger partial charge >= 0.3 is 5.97 Å². The summed E-state index contributed by atoms with van der Waals surface area (Å²) in [5.41, 5.74) is 12.1. The van der Waals surface area contributed by atoms with Crippen LogP contribution in [-0.4, -0.2) is 69.5 Å². The molecule has 12 nitrogen and oxygen atoms in total. The lowest BCUT2D eigenvalue weighted by Crippen LogP contribution is -2.59. The molecule has 0 aliphatic heterocycles. The second-order valence-electron chi connectivity index (χ2n) is 9.17. The van der Waals surface area contributed by atoms with Crippen molar-refractivity contribution >= 4 is 23.7 Å². The van der Waals surface area contributed by atoms with Crippen molar-refractivity contribution in [3.63, 3.8) is 0 Å². The summed E-state index contributed by atoms with van der Waals surface area (Å²) in [4.78, 5) is 57.2. The molecule has 35 heavy (non-hydrogen) atoms. The molecule has 1 aromatic rings. The molecule has 0 fully saturated rings. The van der Waals surface area contributed by atoms with E-state index < -0.39 is 47.9 Å². The van der Waals surface area contributed by atoms with Gasteiger partial charge in [0, 0.05) is 18.3 Å². The fraction of sp³-hybridized carbons (Fsp3) is 0.696. The van der Waals surface area contributed by atoms with Gasteiger partial charge in [-0.2, -0.15) is 0 Å². The SMILES string of the molecule is CCC(C)C(N)C(=O)NC(Cc1cnc[nH]1)C(=O)NC(C(=O)NC(CCCCN)C(=O)O)C(C)C. The number of carboxylic acid groups (broad SMARTS) is 1. The number of aromatic nitrogens is 2. The number of imidazole rings is 1. The molecule has 0 bridgehead atoms. The Morgan fingerprint density at radius 2 is 1.69 bits per heavy atom. The van der Waals surface area contributed by atoms with Crippen LogP contribution in [0.25, 0.3) is 0 Å². The summed E-state index contributed by atoms with van der Waals surface area (Å²) in [7, 11) is 0. The van der Waals surface area contributed by atoms with Crippen LogP contribution in [0.4, 0.5) is 0 Å². The Balaban J connectivity index is 2.99. The van der Waals surface area contributed by atoms with Crippen molar-refractivity contribution < 1.29 is 24.3 Å². The number of carboxylic acids is 1. The number of carbonyl (C=O) groups is 4. The maximum atomic E-state index is 13.2. The van der Waals surface area contributed by atoms with Gasteiger partial charge in [0.25, 0.3) is 0 Å². The average Bonchev–Trinajstić information content (AvgIpc) is 3.32. The lowest BCUT2D eigenvalue weighted by Gasteiger charge is -2.27. The zero-order chi connectivity index (χ0) is 26.5. The quantitative estimate of drug-likeness (QED) is 0.150. The van der Waals surface area contributed by atoms with Crippen molar-refractivity contribution in [2.24, 2.45) is 23.3 Å². The zero-order valence-corrected chi connectivity index (χ0v) is 21.0. The van der Waals surface area contributed by atoms with Crippen LogP contribution in [0.1, 0.15) is 59.1 Å². The summed E-state index contributed by atoms with van der Waals surface area (Å²) in [5.74, 6) is -3.27. The molecule has 5 atom stereocenters. The van der Waals surface area contributed by atoms with E-state index >= 15 is 0 Å². The summed E-state index contributed by atoms with van der Waals surface area (Å²) in [5, 5.41) is 17.3. The molecule has 3 amide bonds. The van der Waals surface area contributed by atoms with E-state index in [0.29, 0.717) is 31.5 Å². The second kappa shape index (κ2) is 15.1. The number of nitrogens with one attached hydrogen (secondary N) is 4. The van der Waals surface area contributed by atoms with Gasteiger partial charge in [-0.1, -0.05) is 34.1 Å². The highest BCUT2D eigenvalue weighted by atomic mass is 16.4. The lowest BCUT2D eigenvalue weighted by atomic mass is 9.98. The number of aromatic amines is 1. The molecule has 0 saturated carbocycles. The third-order valence-corrected chi connectivity index (χ3v) is 5.98. The third kappa shape index (κ3) is 10.0. The van der Waals surface area contributed by atoms with Crippen molar-refractivity contribution in [3.05, 3.63) is 18.2 Å². The third-order valence-electron chi connectivity index (χ3n) is 5.98. The Morgan fingerprint density at radius 3 is 2.20 bits per heavy atom. The minimum atomic E-state index is -1.16. The number of H-pyrrole nitrogens is 1. The van der Waals surface area contributed by atoms with Crippen molar-refractivity contribution in [3.8, 4) is 0 Å². The zero-order valence-electron chi connectivity index (χ0n) is 21.0. The molecule has 9 N–H and O–H groups in total. The van der Waals surface area contributed by atoms with Crippen LogP contribution in [0, 0.1) is 11.8 Å². The van der Waals surface area contributed by atoms with Crippen LogP contribution in [0.3, 0.4) is 0 Å². The lowest BCUT2D eigenvalue weighted by molar-refractivity contribution is -0.142. The van der Waals surface area contributed by atoms with Gasteiger partial charge in [0.1, 0.15) is 18.1 Å². The van der Waals surface area contributed by atoms with Crippen LogP contribution in [0.15, 0.2) is 12.5 Å². The molecule has 198 valence electrons. The topological polar surface area (TPSA) is 205 Å². The molecule has 0 radical (unpaired) electrons. The number of rotatable bonds is 16. The molecule has 0 saturated heterocycles. The standard InChI is InChI=1S/C23H41N7O5/c1-5-14(4)18(25)21(32)29-17(10-15-11-26-12-27-15)20(31)30-19(13(2)3)22(33)28-16(23(34)35)8-6-7-9-24/h11-14,16-19H,5-10,24-25H2,1-4H3,(H,26,27)(H,28,33)(H,29,32)(H,30,31)(H,34,35). The van der Waals surface area contributed by atoms with E-state index in [1.54, 1.807) is 13.8 Å². The van der Waals surface area contributed by atoms with E-state index in [1.165, 1.54) is 12.5 Å². The van der Waals surface area contributed by atoms with Crippen molar-refractivity contribution in [1.29, 1.82) is 0 Å². The number of hydrogen-bond donors (Lipinski definition) is 7. The van der Waals surface area contributed by atoms with E-state index in [-0.39, 0.29) is 24.7 Å². The maximum absolute atomic E-state index is 13.2. The van der Waals surface area contributed by atoms with E-state index in [0.717, 1.165) is 0 Å². The highest BCUT2D eigenvalue weighted by molar-refractivity contribution is 5.94. The molecule has 0 aromatic carbocycles. The highest BCUT2D eigenvalue weighted by Crippen LogP contribution is 2.09. The first-order valence-electron chi connectivity index (χ1n) is 12.1. The normalized spacial score (nSPS) is 15.5. The van der Waals surface area contributed by atoms with Gasteiger partial charge in [0.15, 0.2) is 0 Å². The number of hydrogen-bond acceptors (Lipinski definition) is 7. The average molecular weight is 496 g/mol. The van der Waals surface area contributed by atoms with Crippen LogP contribution >= 0.6 is 0 Å². The first-order valence-corrected chi connectivity index (χ1v) is 12.1. The monoisotopic (exact) mass is 495 g/mol. The van der Waals surface area contributed by atoms with Crippen LogP contribution in [0.2, 0.25) is 0 Å². The van der Waals surface area contributed by atoms with Gasteiger partial charge in [-0.3, -0.25) is 14.4 Å². The summed E-state index contributed by atoms with van der Waals surface area (Å²) >= 11 is 0. The van der Waals surface area contributed by atoms with Gasteiger partial charge in [0.05, 0.1) is 12.4 Å². The van der Waals surface area contributed by atoms with Gasteiger partial charge < -0.3 is 37.5 Å². The number of amides is 3. The number of aliphatic carboxylic acids is 1. The highest BCUT2D eigenvalue weighted by Gasteiger charge is 2.32. The molecule has 1 rings (SSSR count). The Morgan fingerprint density at radius 1 is 1.03 bits per heavy atom. The van der Waals surface area contributed by atoms with Gasteiger partial charge in [-0.05, 0) is 37.6 Å².